The minimum atomic E-state index is -0.579. The Morgan fingerprint density at radius 2 is 1.21 bits per heavy atom. The number of hydrogen-bond donors (Lipinski definition) is 0. The fraction of sp³-hybridized carbons (Fsp3) is 0.458. The zero-order valence-corrected chi connectivity index (χ0v) is 33.7. The van der Waals surface area contributed by atoms with Crippen molar-refractivity contribution in [1.82, 2.24) is 0 Å². The first-order valence-electron chi connectivity index (χ1n) is 20.8. The highest BCUT2D eigenvalue weighted by Crippen LogP contribution is 2.46. The number of ether oxygens (including phenoxy) is 6. The van der Waals surface area contributed by atoms with Crippen LogP contribution in [0.25, 0.3) is 11.1 Å². The summed E-state index contributed by atoms with van der Waals surface area (Å²) in [6.45, 7) is 10.7. The predicted octanol–water partition coefficient (Wildman–Crippen LogP) is 11.5. The van der Waals surface area contributed by atoms with E-state index in [9.17, 15) is 14.0 Å². The van der Waals surface area contributed by atoms with Gasteiger partial charge >= 0.3 is 11.9 Å². The number of carbonyl (C=O) groups is 2. The Kier molecular flexibility index (Phi) is 15.2. The van der Waals surface area contributed by atoms with E-state index in [0.717, 1.165) is 100 Å². The van der Waals surface area contributed by atoms with E-state index < -0.39 is 17.8 Å². The molecule has 0 N–H and O–H groups in total. The Labute approximate surface area is 337 Å². The largest absolute Gasteiger partial charge is 0.494 e. The van der Waals surface area contributed by atoms with Crippen LogP contribution in [0.3, 0.4) is 0 Å². The Morgan fingerprint density at radius 3 is 1.88 bits per heavy atom. The summed E-state index contributed by atoms with van der Waals surface area (Å²) >= 11 is 0. The molecule has 2 aliphatic rings. The van der Waals surface area contributed by atoms with Gasteiger partial charge in [0.25, 0.3) is 0 Å². The van der Waals surface area contributed by atoms with Crippen LogP contribution in [0.5, 0.6) is 23.0 Å². The van der Waals surface area contributed by atoms with E-state index in [4.69, 9.17) is 28.4 Å². The van der Waals surface area contributed by atoms with Crippen LogP contribution in [0.15, 0.2) is 78.9 Å². The molecular formula is C48H57FO8. The molecule has 1 fully saturated rings. The van der Waals surface area contributed by atoms with Gasteiger partial charge in [-0.15, -0.1) is 0 Å². The third-order valence-corrected chi connectivity index (χ3v) is 11.1. The van der Waals surface area contributed by atoms with Crippen LogP contribution in [0.2, 0.25) is 0 Å². The summed E-state index contributed by atoms with van der Waals surface area (Å²) in [6.07, 6.45) is 12.0. The van der Waals surface area contributed by atoms with Gasteiger partial charge in [0.15, 0.2) is 11.6 Å². The number of hydrogen-bond acceptors (Lipinski definition) is 8. The van der Waals surface area contributed by atoms with Crippen molar-refractivity contribution < 1.29 is 42.4 Å². The SMILES string of the molecule is CCCCCCCCOc1ccc(OC(=O)c2ccc3c(c2)C(C)c2cc(OC(=O)c4ccc(OCCCCCCOCC5(CC)COC5)cc4)ccc2-3)cc1F. The highest BCUT2D eigenvalue weighted by Gasteiger charge is 2.37. The van der Waals surface area contributed by atoms with Crippen molar-refractivity contribution in [3.63, 3.8) is 0 Å². The molecule has 57 heavy (non-hydrogen) atoms. The maximum Gasteiger partial charge on any atom is 0.343 e. The van der Waals surface area contributed by atoms with Crippen LogP contribution < -0.4 is 18.9 Å². The fourth-order valence-corrected chi connectivity index (χ4v) is 7.33. The molecule has 1 atom stereocenters. The molecule has 4 aromatic carbocycles. The molecule has 1 aliphatic carbocycles. The van der Waals surface area contributed by atoms with Crippen molar-refractivity contribution in [2.45, 2.75) is 97.3 Å². The second-order valence-corrected chi connectivity index (χ2v) is 15.4. The molecule has 0 bridgehead atoms. The van der Waals surface area contributed by atoms with Crippen molar-refractivity contribution >= 4 is 11.9 Å². The van der Waals surface area contributed by atoms with E-state index in [1.165, 1.54) is 31.4 Å². The number of rotatable bonds is 23. The topological polar surface area (TPSA) is 89.5 Å². The molecule has 1 saturated heterocycles. The molecule has 0 spiro atoms. The number of esters is 2. The van der Waals surface area contributed by atoms with Gasteiger partial charge in [-0.1, -0.05) is 71.4 Å². The van der Waals surface area contributed by atoms with Gasteiger partial charge in [0.05, 0.1) is 44.2 Å². The summed E-state index contributed by atoms with van der Waals surface area (Å²) < 4.78 is 48.9. The molecule has 9 heteroatoms. The maximum atomic E-state index is 14.8. The average Bonchev–Trinajstić information content (AvgIpc) is 3.48. The van der Waals surface area contributed by atoms with Crippen molar-refractivity contribution in [3.8, 4) is 34.1 Å². The highest BCUT2D eigenvalue weighted by molar-refractivity contribution is 5.94. The molecule has 4 aromatic rings. The summed E-state index contributed by atoms with van der Waals surface area (Å²) in [6, 6.07) is 22.3. The standard InChI is InChI=1S/C48H57FO8/c1-4-6-7-8-9-14-27-55-45-24-21-39(30-44(45)49)57-47(51)36-17-22-40-41-23-20-38(29-43(41)34(3)42(40)28-36)56-46(50)35-15-18-37(19-16-35)54-26-13-11-10-12-25-52-31-48(5-2)32-53-33-48/h15-24,28-30,34H,4-14,25-27,31-33H2,1-3H3. The highest BCUT2D eigenvalue weighted by atomic mass is 19.1. The average molecular weight is 781 g/mol. The van der Waals surface area contributed by atoms with E-state index in [2.05, 4.69) is 13.8 Å². The summed E-state index contributed by atoms with van der Waals surface area (Å²) in [5, 5.41) is 0. The zero-order chi connectivity index (χ0) is 40.0. The molecule has 8 nitrogen and oxygen atoms in total. The predicted molar refractivity (Wildman–Crippen MR) is 219 cm³/mol. The van der Waals surface area contributed by atoms with Gasteiger partial charge in [0, 0.05) is 24.0 Å². The lowest BCUT2D eigenvalue weighted by atomic mass is 9.84. The molecule has 0 saturated carbocycles. The normalized spacial score (nSPS) is 15.0. The van der Waals surface area contributed by atoms with Crippen LogP contribution in [0, 0.1) is 11.2 Å². The second kappa shape index (κ2) is 20.6. The number of halogens is 1. The van der Waals surface area contributed by atoms with Crippen LogP contribution in [0.4, 0.5) is 4.39 Å². The van der Waals surface area contributed by atoms with E-state index in [1.807, 2.05) is 31.2 Å². The number of carbonyl (C=O) groups excluding carboxylic acids is 2. The van der Waals surface area contributed by atoms with Crippen LogP contribution in [-0.4, -0.2) is 51.6 Å². The minimum Gasteiger partial charge on any atom is -0.494 e. The molecular weight excluding hydrogens is 724 g/mol. The first-order chi connectivity index (χ1) is 27.8. The van der Waals surface area contributed by atoms with Gasteiger partial charge in [-0.05, 0) is 115 Å². The smallest absolute Gasteiger partial charge is 0.343 e. The molecule has 1 aliphatic heterocycles. The zero-order valence-electron chi connectivity index (χ0n) is 33.7. The number of fused-ring (bicyclic) bond motifs is 3. The molecule has 0 amide bonds. The van der Waals surface area contributed by atoms with Crippen molar-refractivity contribution in [2.24, 2.45) is 5.41 Å². The summed E-state index contributed by atoms with van der Waals surface area (Å²) in [5.41, 5.74) is 4.98. The Morgan fingerprint density at radius 1 is 0.649 bits per heavy atom. The first-order valence-corrected chi connectivity index (χ1v) is 20.8. The lowest BCUT2D eigenvalue weighted by Crippen LogP contribution is -2.45. The fourth-order valence-electron chi connectivity index (χ4n) is 7.33. The first kappa shape index (κ1) is 41.9. The van der Waals surface area contributed by atoms with Gasteiger partial charge in [0.2, 0.25) is 0 Å². The summed E-state index contributed by atoms with van der Waals surface area (Å²) in [7, 11) is 0. The Bertz CT molecular complexity index is 1930. The molecule has 0 aromatic heterocycles. The summed E-state index contributed by atoms with van der Waals surface area (Å²) in [5.74, 6) is -0.260. The van der Waals surface area contributed by atoms with Gasteiger partial charge < -0.3 is 28.4 Å². The van der Waals surface area contributed by atoms with Gasteiger partial charge in [-0.2, -0.15) is 0 Å². The van der Waals surface area contributed by atoms with Gasteiger partial charge in [0.1, 0.15) is 17.2 Å². The monoisotopic (exact) mass is 780 g/mol. The maximum absolute atomic E-state index is 14.8. The van der Waals surface area contributed by atoms with E-state index >= 15 is 0 Å². The van der Waals surface area contributed by atoms with Crippen molar-refractivity contribution in [3.05, 3.63) is 107 Å². The van der Waals surface area contributed by atoms with Gasteiger partial charge in [-0.25, -0.2) is 14.0 Å². The Balaban J connectivity index is 0.933. The number of benzene rings is 4. The molecule has 6 rings (SSSR count). The third kappa shape index (κ3) is 11.2. The lowest BCUT2D eigenvalue weighted by molar-refractivity contribution is -0.150. The molecule has 304 valence electrons. The van der Waals surface area contributed by atoms with Crippen molar-refractivity contribution in [1.29, 1.82) is 0 Å². The van der Waals surface area contributed by atoms with Crippen molar-refractivity contribution in [2.75, 3.05) is 39.6 Å². The second-order valence-electron chi connectivity index (χ2n) is 15.4. The third-order valence-electron chi connectivity index (χ3n) is 11.1. The quantitative estimate of drug-likeness (QED) is 0.0418. The minimum absolute atomic E-state index is 0.0625. The lowest BCUT2D eigenvalue weighted by Gasteiger charge is -2.40. The van der Waals surface area contributed by atoms with E-state index in [0.29, 0.717) is 35.8 Å². The van der Waals surface area contributed by atoms with Crippen LogP contribution >= 0.6 is 0 Å². The number of unbranched alkanes of at least 4 members (excludes halogenated alkanes) is 8. The van der Waals surface area contributed by atoms with Crippen LogP contribution in [-0.2, 0) is 9.47 Å². The van der Waals surface area contributed by atoms with Gasteiger partial charge in [-0.3, -0.25) is 0 Å². The molecule has 1 unspecified atom stereocenters. The Hall–Kier alpha value is -4.73. The van der Waals surface area contributed by atoms with E-state index in [-0.39, 0.29) is 22.8 Å². The molecule has 1 heterocycles. The van der Waals surface area contributed by atoms with Crippen LogP contribution in [0.1, 0.15) is 129 Å². The molecule has 0 radical (unpaired) electrons. The summed E-state index contributed by atoms with van der Waals surface area (Å²) in [4.78, 5) is 26.2. The van der Waals surface area contributed by atoms with E-state index in [1.54, 1.807) is 42.5 Å².